The van der Waals surface area contributed by atoms with Crippen LogP contribution in [0.15, 0.2) is 89.9 Å². The topological polar surface area (TPSA) is 60.7 Å². The SMILES string of the molecule is Cc1cccn2c(=O)cc(COC(=O)CC(c3ccccc3)c3ccccc3)nc12. The highest BCUT2D eigenvalue weighted by Crippen LogP contribution is 2.28. The van der Waals surface area contributed by atoms with Gasteiger partial charge in [-0.05, 0) is 29.7 Å². The molecular weight excluding hydrogens is 376 g/mol. The first kappa shape index (κ1) is 19.6. The largest absolute Gasteiger partial charge is 0.459 e. The summed E-state index contributed by atoms with van der Waals surface area (Å²) in [5.41, 5.74) is 3.81. The van der Waals surface area contributed by atoms with Gasteiger partial charge in [-0.1, -0.05) is 66.7 Å². The third-order valence-corrected chi connectivity index (χ3v) is 5.09. The molecule has 0 saturated heterocycles. The molecule has 0 aliphatic heterocycles. The van der Waals surface area contributed by atoms with E-state index < -0.39 is 0 Å². The second kappa shape index (κ2) is 8.74. The molecule has 0 amide bonds. The Morgan fingerprint density at radius 2 is 1.60 bits per heavy atom. The lowest BCUT2D eigenvalue weighted by atomic mass is 9.89. The maximum atomic E-state index is 12.7. The number of benzene rings is 2. The number of aryl methyl sites for hydroxylation is 1. The van der Waals surface area contributed by atoms with Gasteiger partial charge in [0.25, 0.3) is 5.56 Å². The Balaban J connectivity index is 1.51. The van der Waals surface area contributed by atoms with Crippen molar-refractivity contribution in [3.05, 3.63) is 118 Å². The molecule has 0 fully saturated rings. The fourth-order valence-corrected chi connectivity index (χ4v) is 3.56. The first-order chi connectivity index (χ1) is 14.6. The number of nitrogens with zero attached hydrogens (tertiary/aromatic N) is 2. The summed E-state index contributed by atoms with van der Waals surface area (Å²) in [5, 5.41) is 0. The highest BCUT2D eigenvalue weighted by atomic mass is 16.5. The van der Waals surface area contributed by atoms with Crippen LogP contribution in [0.25, 0.3) is 5.65 Å². The van der Waals surface area contributed by atoms with Gasteiger partial charge in [-0.15, -0.1) is 0 Å². The highest BCUT2D eigenvalue weighted by molar-refractivity contribution is 5.71. The average Bonchev–Trinajstić information content (AvgIpc) is 2.78. The molecule has 150 valence electrons. The van der Waals surface area contributed by atoms with E-state index in [4.69, 9.17) is 4.74 Å². The molecule has 2 aromatic heterocycles. The van der Waals surface area contributed by atoms with E-state index in [0.717, 1.165) is 16.7 Å². The molecule has 2 aromatic carbocycles. The van der Waals surface area contributed by atoms with Gasteiger partial charge in [-0.25, -0.2) is 4.98 Å². The number of rotatable bonds is 6. The fourth-order valence-electron chi connectivity index (χ4n) is 3.56. The maximum Gasteiger partial charge on any atom is 0.307 e. The molecule has 0 saturated carbocycles. The summed E-state index contributed by atoms with van der Waals surface area (Å²) in [4.78, 5) is 29.5. The molecule has 0 unspecified atom stereocenters. The number of carbonyl (C=O) groups excluding carboxylic acids is 1. The number of hydrogen-bond acceptors (Lipinski definition) is 4. The molecule has 0 atom stereocenters. The summed E-state index contributed by atoms with van der Waals surface area (Å²) in [6, 6.07) is 24.9. The van der Waals surface area contributed by atoms with Crippen molar-refractivity contribution in [3.8, 4) is 0 Å². The van der Waals surface area contributed by atoms with E-state index in [1.165, 1.54) is 10.5 Å². The Labute approximate surface area is 174 Å². The summed E-state index contributed by atoms with van der Waals surface area (Å²) in [5.74, 6) is -0.433. The van der Waals surface area contributed by atoms with Gasteiger partial charge >= 0.3 is 5.97 Å². The van der Waals surface area contributed by atoms with Crippen LogP contribution in [0.5, 0.6) is 0 Å². The van der Waals surface area contributed by atoms with Crippen molar-refractivity contribution in [1.82, 2.24) is 9.38 Å². The number of esters is 1. The zero-order valence-electron chi connectivity index (χ0n) is 16.7. The summed E-state index contributed by atoms with van der Waals surface area (Å²) in [6.45, 7) is 1.86. The van der Waals surface area contributed by atoms with Crippen LogP contribution in [0.1, 0.15) is 34.7 Å². The Bertz CT molecular complexity index is 1180. The normalized spacial score (nSPS) is 11.0. The molecule has 4 rings (SSSR count). The summed E-state index contributed by atoms with van der Waals surface area (Å²) in [6.07, 6.45) is 1.89. The minimum atomic E-state index is -0.334. The van der Waals surface area contributed by atoms with Crippen LogP contribution in [0.3, 0.4) is 0 Å². The highest BCUT2D eigenvalue weighted by Gasteiger charge is 2.19. The van der Waals surface area contributed by atoms with Gasteiger partial charge < -0.3 is 4.74 Å². The Morgan fingerprint density at radius 3 is 2.23 bits per heavy atom. The third-order valence-electron chi connectivity index (χ3n) is 5.09. The standard InChI is InChI=1S/C25H22N2O3/c1-18-9-8-14-27-23(28)15-21(26-25(18)27)17-30-24(29)16-22(19-10-4-2-5-11-19)20-12-6-3-7-13-20/h2-15,22H,16-17H2,1H3. The van der Waals surface area contributed by atoms with Crippen LogP contribution in [0, 0.1) is 6.92 Å². The van der Waals surface area contributed by atoms with Crippen LogP contribution < -0.4 is 5.56 Å². The van der Waals surface area contributed by atoms with Crippen molar-refractivity contribution >= 4 is 11.6 Å². The van der Waals surface area contributed by atoms with E-state index in [9.17, 15) is 9.59 Å². The van der Waals surface area contributed by atoms with Crippen LogP contribution in [0.4, 0.5) is 0 Å². The van der Waals surface area contributed by atoms with Crippen LogP contribution in [-0.2, 0) is 16.1 Å². The second-order valence-corrected chi connectivity index (χ2v) is 7.21. The van der Waals surface area contributed by atoms with Gasteiger partial charge in [0.15, 0.2) is 0 Å². The van der Waals surface area contributed by atoms with E-state index in [0.29, 0.717) is 11.3 Å². The van der Waals surface area contributed by atoms with Crippen molar-refractivity contribution < 1.29 is 9.53 Å². The zero-order valence-corrected chi connectivity index (χ0v) is 16.7. The van der Waals surface area contributed by atoms with Crippen molar-refractivity contribution in [2.75, 3.05) is 0 Å². The molecule has 0 aliphatic rings. The van der Waals surface area contributed by atoms with Gasteiger partial charge in [-0.3, -0.25) is 14.0 Å². The molecule has 0 radical (unpaired) electrons. The Kier molecular flexibility index (Phi) is 5.70. The van der Waals surface area contributed by atoms with Gasteiger partial charge in [0.1, 0.15) is 12.3 Å². The molecule has 0 bridgehead atoms. The van der Waals surface area contributed by atoms with Gasteiger partial charge in [0.05, 0.1) is 12.1 Å². The van der Waals surface area contributed by atoms with E-state index in [1.54, 1.807) is 12.3 Å². The van der Waals surface area contributed by atoms with Crippen molar-refractivity contribution in [2.45, 2.75) is 25.9 Å². The first-order valence-corrected chi connectivity index (χ1v) is 9.85. The molecule has 4 aromatic rings. The first-order valence-electron chi connectivity index (χ1n) is 9.85. The summed E-state index contributed by atoms with van der Waals surface area (Å²) in [7, 11) is 0. The molecule has 0 N–H and O–H groups in total. The molecule has 30 heavy (non-hydrogen) atoms. The quantitative estimate of drug-likeness (QED) is 0.455. The van der Waals surface area contributed by atoms with Gasteiger partial charge in [0.2, 0.25) is 0 Å². The number of hydrogen-bond donors (Lipinski definition) is 0. The van der Waals surface area contributed by atoms with E-state index in [1.807, 2.05) is 73.7 Å². The van der Waals surface area contributed by atoms with Crippen molar-refractivity contribution in [3.63, 3.8) is 0 Å². The number of ether oxygens (including phenoxy) is 1. The van der Waals surface area contributed by atoms with Crippen molar-refractivity contribution in [2.24, 2.45) is 0 Å². The molecule has 5 heteroatoms. The fraction of sp³-hybridized carbons (Fsp3) is 0.160. The molecule has 2 heterocycles. The molecule has 0 spiro atoms. The smallest absolute Gasteiger partial charge is 0.307 e. The maximum absolute atomic E-state index is 12.7. The lowest BCUT2D eigenvalue weighted by Gasteiger charge is -2.17. The number of fused-ring (bicyclic) bond motifs is 1. The predicted octanol–water partition coefficient (Wildman–Crippen LogP) is 4.27. The predicted molar refractivity (Wildman–Crippen MR) is 115 cm³/mol. The minimum absolute atomic E-state index is 0.0325. The Morgan fingerprint density at radius 1 is 0.967 bits per heavy atom. The number of pyridine rings is 1. The zero-order chi connectivity index (χ0) is 20.9. The summed E-state index contributed by atoms with van der Waals surface area (Å²) >= 11 is 0. The van der Waals surface area contributed by atoms with Crippen LogP contribution in [0.2, 0.25) is 0 Å². The lowest BCUT2D eigenvalue weighted by Crippen LogP contribution is -2.18. The van der Waals surface area contributed by atoms with E-state index in [-0.39, 0.29) is 30.5 Å². The lowest BCUT2D eigenvalue weighted by molar-refractivity contribution is -0.145. The monoisotopic (exact) mass is 398 g/mol. The molecule has 5 nitrogen and oxygen atoms in total. The summed E-state index contributed by atoms with van der Waals surface area (Å²) < 4.78 is 6.98. The number of aromatic nitrogens is 2. The van der Waals surface area contributed by atoms with Crippen LogP contribution >= 0.6 is 0 Å². The van der Waals surface area contributed by atoms with E-state index in [2.05, 4.69) is 4.98 Å². The van der Waals surface area contributed by atoms with Gasteiger partial charge in [-0.2, -0.15) is 0 Å². The van der Waals surface area contributed by atoms with E-state index >= 15 is 0 Å². The molecule has 0 aliphatic carbocycles. The number of carbonyl (C=O) groups is 1. The van der Waals surface area contributed by atoms with Crippen molar-refractivity contribution in [1.29, 1.82) is 0 Å². The third kappa shape index (κ3) is 4.30. The van der Waals surface area contributed by atoms with Crippen LogP contribution in [-0.4, -0.2) is 15.4 Å². The molecular formula is C25H22N2O3. The minimum Gasteiger partial charge on any atom is -0.459 e. The average molecular weight is 398 g/mol. The van der Waals surface area contributed by atoms with Gasteiger partial charge in [0, 0.05) is 18.2 Å². The Hall–Kier alpha value is -3.73. The second-order valence-electron chi connectivity index (χ2n) is 7.21.